The van der Waals surface area contributed by atoms with Gasteiger partial charge in [-0.2, -0.15) is 0 Å². The van der Waals surface area contributed by atoms with Gasteiger partial charge >= 0.3 is 0 Å². The van der Waals surface area contributed by atoms with Gasteiger partial charge in [-0.3, -0.25) is 4.90 Å². The summed E-state index contributed by atoms with van der Waals surface area (Å²) in [5, 5.41) is 13.3. The minimum atomic E-state index is 0.253. The normalized spacial score (nSPS) is 20.2. The fourth-order valence-electron chi connectivity index (χ4n) is 2.22. The van der Waals surface area contributed by atoms with Gasteiger partial charge in [0.25, 0.3) is 0 Å². The number of nitrogens with zero attached hydrogens (tertiary/aromatic N) is 5. The summed E-state index contributed by atoms with van der Waals surface area (Å²) in [7, 11) is 0. The van der Waals surface area contributed by atoms with E-state index in [1.54, 1.807) is 4.80 Å². The lowest BCUT2D eigenvalue weighted by atomic mass is 10.2. The summed E-state index contributed by atoms with van der Waals surface area (Å²) in [5.41, 5.74) is 0.913. The molecule has 2 heterocycles. The van der Waals surface area contributed by atoms with E-state index in [1.807, 2.05) is 24.3 Å². The third-order valence-electron chi connectivity index (χ3n) is 3.21. The van der Waals surface area contributed by atoms with Crippen LogP contribution in [0, 0.1) is 0 Å². The maximum Gasteiger partial charge on any atom is 0.204 e. The molecule has 1 aliphatic heterocycles. The molecular weight excluding hydrogens is 278 g/mol. The van der Waals surface area contributed by atoms with Crippen molar-refractivity contribution in [3.63, 3.8) is 0 Å². The topological polar surface area (TPSA) is 56.1 Å². The predicted octanol–water partition coefficient (Wildman–Crippen LogP) is 1.67. The van der Waals surface area contributed by atoms with Crippen LogP contribution in [-0.4, -0.2) is 50.9 Å². The Morgan fingerprint density at radius 3 is 2.90 bits per heavy atom. The summed E-state index contributed by atoms with van der Waals surface area (Å²) >= 11 is 5.87. The second-order valence-electron chi connectivity index (χ2n) is 4.89. The van der Waals surface area contributed by atoms with E-state index in [0.29, 0.717) is 17.5 Å². The first-order chi connectivity index (χ1) is 9.70. The van der Waals surface area contributed by atoms with Crippen molar-refractivity contribution in [2.45, 2.75) is 19.7 Å². The Hall–Kier alpha value is -1.50. The molecule has 0 spiro atoms. The van der Waals surface area contributed by atoms with E-state index in [9.17, 15) is 0 Å². The summed E-state index contributed by atoms with van der Waals surface area (Å²) < 4.78 is 5.51. The van der Waals surface area contributed by atoms with E-state index < -0.39 is 0 Å². The highest BCUT2D eigenvalue weighted by molar-refractivity contribution is 6.30. The smallest absolute Gasteiger partial charge is 0.204 e. The van der Waals surface area contributed by atoms with Crippen LogP contribution in [0.3, 0.4) is 0 Å². The minimum absolute atomic E-state index is 0.253. The average Bonchev–Trinajstić information content (AvgIpc) is 2.88. The van der Waals surface area contributed by atoms with Gasteiger partial charge < -0.3 is 4.74 Å². The molecule has 1 unspecified atom stereocenters. The van der Waals surface area contributed by atoms with Crippen LogP contribution >= 0.6 is 11.6 Å². The van der Waals surface area contributed by atoms with Gasteiger partial charge in [0.1, 0.15) is 6.67 Å². The number of tetrazole rings is 1. The van der Waals surface area contributed by atoms with E-state index in [-0.39, 0.29) is 6.10 Å². The van der Waals surface area contributed by atoms with Gasteiger partial charge in [0.2, 0.25) is 5.82 Å². The summed E-state index contributed by atoms with van der Waals surface area (Å²) in [6.07, 6.45) is 0.253. The number of benzene rings is 1. The number of hydrogen-bond donors (Lipinski definition) is 0. The molecule has 20 heavy (non-hydrogen) atoms. The highest BCUT2D eigenvalue weighted by atomic mass is 35.5. The largest absolute Gasteiger partial charge is 0.376 e. The fourth-order valence-corrected chi connectivity index (χ4v) is 2.34. The molecule has 0 amide bonds. The van der Waals surface area contributed by atoms with E-state index in [0.717, 1.165) is 25.3 Å². The summed E-state index contributed by atoms with van der Waals surface area (Å²) in [5.74, 6) is 0.614. The molecule has 1 fully saturated rings. The zero-order chi connectivity index (χ0) is 13.9. The second-order valence-corrected chi connectivity index (χ2v) is 5.33. The van der Waals surface area contributed by atoms with E-state index >= 15 is 0 Å². The third kappa shape index (κ3) is 3.15. The van der Waals surface area contributed by atoms with Crippen molar-refractivity contribution in [2.24, 2.45) is 0 Å². The van der Waals surface area contributed by atoms with E-state index in [4.69, 9.17) is 16.3 Å². The zero-order valence-corrected chi connectivity index (χ0v) is 12.0. The minimum Gasteiger partial charge on any atom is -0.376 e. The van der Waals surface area contributed by atoms with Crippen LogP contribution in [-0.2, 0) is 11.4 Å². The molecule has 1 saturated heterocycles. The predicted molar refractivity (Wildman–Crippen MR) is 75.3 cm³/mol. The lowest BCUT2D eigenvalue weighted by molar-refractivity contribution is -0.0323. The van der Waals surface area contributed by atoms with Gasteiger partial charge in [-0.25, -0.2) is 0 Å². The van der Waals surface area contributed by atoms with E-state index in [2.05, 4.69) is 27.2 Å². The summed E-state index contributed by atoms with van der Waals surface area (Å²) in [6, 6.07) is 7.42. The number of morpholine rings is 1. The Bertz CT molecular complexity index is 570. The van der Waals surface area contributed by atoms with Crippen LogP contribution in [0.15, 0.2) is 24.3 Å². The Balaban J connectivity index is 1.69. The van der Waals surface area contributed by atoms with Crippen molar-refractivity contribution in [3.05, 3.63) is 29.3 Å². The van der Waals surface area contributed by atoms with Gasteiger partial charge in [-0.15, -0.1) is 15.0 Å². The number of hydrogen-bond acceptors (Lipinski definition) is 5. The quantitative estimate of drug-likeness (QED) is 0.862. The zero-order valence-electron chi connectivity index (χ0n) is 11.2. The third-order valence-corrected chi connectivity index (χ3v) is 3.46. The highest BCUT2D eigenvalue weighted by Gasteiger charge is 2.17. The van der Waals surface area contributed by atoms with Gasteiger partial charge in [-0.05, 0) is 36.4 Å². The van der Waals surface area contributed by atoms with Gasteiger partial charge in [0, 0.05) is 23.7 Å². The van der Waals surface area contributed by atoms with Crippen LogP contribution in [0.1, 0.15) is 6.92 Å². The number of rotatable bonds is 3. The maximum atomic E-state index is 5.87. The number of aromatic nitrogens is 4. The molecule has 0 N–H and O–H groups in total. The fraction of sp³-hybridized carbons (Fsp3) is 0.462. The average molecular weight is 294 g/mol. The van der Waals surface area contributed by atoms with Crippen LogP contribution in [0.25, 0.3) is 11.4 Å². The van der Waals surface area contributed by atoms with Crippen molar-refractivity contribution in [2.75, 3.05) is 19.7 Å². The van der Waals surface area contributed by atoms with Gasteiger partial charge in [0.15, 0.2) is 0 Å². The Labute approximate surface area is 122 Å². The Morgan fingerprint density at radius 2 is 2.15 bits per heavy atom. The van der Waals surface area contributed by atoms with Crippen molar-refractivity contribution < 1.29 is 4.74 Å². The SMILES string of the molecule is CC1CN(Cn2nnc(-c3ccc(Cl)cc3)n2)CCO1. The molecule has 2 aromatic rings. The molecule has 106 valence electrons. The first-order valence-electron chi connectivity index (χ1n) is 6.58. The molecule has 7 heteroatoms. The molecule has 0 saturated carbocycles. The molecule has 1 aromatic heterocycles. The molecule has 1 aromatic carbocycles. The van der Waals surface area contributed by atoms with E-state index in [1.165, 1.54) is 0 Å². The first-order valence-corrected chi connectivity index (χ1v) is 6.96. The Kier molecular flexibility index (Phi) is 3.95. The number of halogens is 1. The highest BCUT2D eigenvalue weighted by Crippen LogP contribution is 2.17. The van der Waals surface area contributed by atoms with Crippen molar-refractivity contribution in [1.82, 2.24) is 25.1 Å². The van der Waals surface area contributed by atoms with Gasteiger partial charge in [-0.1, -0.05) is 11.6 Å². The first kappa shape index (κ1) is 13.5. The molecule has 6 nitrogen and oxygen atoms in total. The number of ether oxygens (including phenoxy) is 1. The molecule has 1 atom stereocenters. The Morgan fingerprint density at radius 1 is 1.35 bits per heavy atom. The van der Waals surface area contributed by atoms with Crippen molar-refractivity contribution in [3.8, 4) is 11.4 Å². The van der Waals surface area contributed by atoms with Crippen molar-refractivity contribution in [1.29, 1.82) is 0 Å². The van der Waals surface area contributed by atoms with Crippen LogP contribution in [0.5, 0.6) is 0 Å². The van der Waals surface area contributed by atoms with Crippen LogP contribution in [0.2, 0.25) is 5.02 Å². The molecule has 3 rings (SSSR count). The molecule has 0 aliphatic carbocycles. The molecule has 0 bridgehead atoms. The molecule has 1 aliphatic rings. The van der Waals surface area contributed by atoms with Crippen LogP contribution in [0.4, 0.5) is 0 Å². The van der Waals surface area contributed by atoms with Crippen molar-refractivity contribution >= 4 is 11.6 Å². The maximum absolute atomic E-state index is 5.87. The summed E-state index contributed by atoms with van der Waals surface area (Å²) in [4.78, 5) is 3.86. The lowest BCUT2D eigenvalue weighted by Gasteiger charge is -2.30. The van der Waals surface area contributed by atoms with Gasteiger partial charge in [0.05, 0.1) is 12.7 Å². The lowest BCUT2D eigenvalue weighted by Crippen LogP contribution is -2.42. The molecule has 0 radical (unpaired) electrons. The monoisotopic (exact) mass is 293 g/mol. The summed E-state index contributed by atoms with van der Waals surface area (Å²) in [6.45, 7) is 5.23. The standard InChI is InChI=1S/C13H16ClN5O/c1-10-8-18(6-7-20-10)9-19-16-13(15-17-19)11-2-4-12(14)5-3-11/h2-5,10H,6-9H2,1H3. The second kappa shape index (κ2) is 5.87. The van der Waals surface area contributed by atoms with Crippen LogP contribution < -0.4 is 0 Å². The molecular formula is C13H16ClN5O.